The lowest BCUT2D eigenvalue weighted by Gasteiger charge is -2.31. The Morgan fingerprint density at radius 2 is 1.85 bits per heavy atom. The molecular weight excluding hydrogens is 620 g/mol. The highest BCUT2D eigenvalue weighted by atomic mass is 35.5. The fourth-order valence-electron chi connectivity index (χ4n) is 5.36. The highest BCUT2D eigenvalue weighted by Gasteiger charge is 2.29. The average molecular weight is 657 g/mol. The number of carbonyl (C=O) groups excluding carboxylic acids is 3. The van der Waals surface area contributed by atoms with E-state index in [1.807, 2.05) is 54.6 Å². The van der Waals surface area contributed by atoms with Crippen molar-refractivity contribution in [2.24, 2.45) is 5.92 Å². The zero-order valence-corrected chi connectivity index (χ0v) is 26.8. The molecule has 1 fully saturated rings. The van der Waals surface area contributed by atoms with Crippen LogP contribution in [0.15, 0.2) is 85.2 Å². The van der Waals surface area contributed by atoms with Gasteiger partial charge in [-0.25, -0.2) is 4.79 Å². The summed E-state index contributed by atoms with van der Waals surface area (Å²) in [7, 11) is 0. The zero-order valence-electron chi connectivity index (χ0n) is 26.0. The number of nitrogens with zero attached hydrogens (tertiary/aromatic N) is 5. The van der Waals surface area contributed by atoms with Crippen LogP contribution in [0.3, 0.4) is 0 Å². The van der Waals surface area contributed by atoms with Gasteiger partial charge in [-0.1, -0.05) is 41.9 Å². The van der Waals surface area contributed by atoms with E-state index in [1.165, 1.54) is 17.1 Å². The SMILES string of the molecule is CCOC(=O)C1CCCN(C(=O)Nc2ccc(NC[C@H](Cc3ccccc3)NC(=O)/C=C/c3cc(Cl)ccc3-n3cnnn3)cc2)C1. The van der Waals surface area contributed by atoms with Gasteiger partial charge in [-0.05, 0) is 90.7 Å². The molecule has 0 radical (unpaired) electrons. The molecule has 2 heterocycles. The zero-order chi connectivity index (χ0) is 33.0. The quantitative estimate of drug-likeness (QED) is 0.143. The average Bonchev–Trinajstić information content (AvgIpc) is 3.62. The smallest absolute Gasteiger partial charge is 0.321 e. The molecule has 0 saturated carbocycles. The first-order chi connectivity index (χ1) is 22.9. The third-order valence-corrected chi connectivity index (χ3v) is 7.92. The number of amides is 3. The van der Waals surface area contributed by atoms with Crippen LogP contribution in [0.25, 0.3) is 11.8 Å². The van der Waals surface area contributed by atoms with Gasteiger partial charge in [-0.15, -0.1) is 5.10 Å². The monoisotopic (exact) mass is 656 g/mol. The van der Waals surface area contributed by atoms with Crippen molar-refractivity contribution in [3.63, 3.8) is 0 Å². The number of carbonyl (C=O) groups is 3. The van der Waals surface area contributed by atoms with Crippen molar-refractivity contribution in [2.75, 3.05) is 36.9 Å². The molecule has 1 aliphatic rings. The number of urea groups is 1. The minimum atomic E-state index is -0.299. The second-order valence-corrected chi connectivity index (χ2v) is 11.5. The highest BCUT2D eigenvalue weighted by molar-refractivity contribution is 6.30. The first-order valence-electron chi connectivity index (χ1n) is 15.5. The molecule has 0 spiro atoms. The number of halogens is 1. The van der Waals surface area contributed by atoms with E-state index in [0.717, 1.165) is 24.1 Å². The van der Waals surface area contributed by atoms with Gasteiger partial charge in [0.05, 0.1) is 24.3 Å². The van der Waals surface area contributed by atoms with Crippen molar-refractivity contribution in [3.05, 3.63) is 101 Å². The second kappa shape index (κ2) is 16.4. The lowest BCUT2D eigenvalue weighted by Crippen LogP contribution is -2.44. The third-order valence-electron chi connectivity index (χ3n) is 7.69. The van der Waals surface area contributed by atoms with Gasteiger partial charge in [0.15, 0.2) is 0 Å². The Morgan fingerprint density at radius 3 is 2.60 bits per heavy atom. The molecule has 13 heteroatoms. The van der Waals surface area contributed by atoms with Gasteiger partial charge >= 0.3 is 12.0 Å². The molecule has 3 N–H and O–H groups in total. The van der Waals surface area contributed by atoms with Crippen LogP contribution in [0.5, 0.6) is 0 Å². The molecule has 0 aliphatic carbocycles. The summed E-state index contributed by atoms with van der Waals surface area (Å²) < 4.78 is 6.65. The summed E-state index contributed by atoms with van der Waals surface area (Å²) in [5.74, 6) is -0.821. The van der Waals surface area contributed by atoms with Crippen molar-refractivity contribution >= 4 is 47.0 Å². The summed E-state index contributed by atoms with van der Waals surface area (Å²) in [4.78, 5) is 39.8. The van der Waals surface area contributed by atoms with E-state index in [2.05, 4.69) is 31.5 Å². The number of esters is 1. The molecule has 244 valence electrons. The van der Waals surface area contributed by atoms with E-state index in [0.29, 0.717) is 54.6 Å². The Labute approximate surface area is 278 Å². The summed E-state index contributed by atoms with van der Waals surface area (Å²) >= 11 is 6.22. The van der Waals surface area contributed by atoms with Gasteiger partial charge in [0.1, 0.15) is 6.33 Å². The Bertz CT molecular complexity index is 1670. The maximum absolute atomic E-state index is 13.1. The largest absolute Gasteiger partial charge is 0.466 e. The number of ether oxygens (including phenoxy) is 1. The van der Waals surface area contributed by atoms with Crippen molar-refractivity contribution in [3.8, 4) is 5.69 Å². The molecule has 47 heavy (non-hydrogen) atoms. The molecule has 4 aromatic rings. The van der Waals surface area contributed by atoms with E-state index in [1.54, 1.807) is 36.1 Å². The van der Waals surface area contributed by atoms with Crippen molar-refractivity contribution in [1.29, 1.82) is 0 Å². The number of benzene rings is 3. The van der Waals surface area contributed by atoms with Gasteiger partial charge in [0.25, 0.3) is 0 Å². The van der Waals surface area contributed by atoms with Crippen LogP contribution in [0.2, 0.25) is 5.02 Å². The topological polar surface area (TPSA) is 143 Å². The van der Waals surface area contributed by atoms with E-state index in [9.17, 15) is 14.4 Å². The molecule has 1 aliphatic heterocycles. The number of likely N-dealkylation sites (tertiary alicyclic amines) is 1. The summed E-state index contributed by atoms with van der Waals surface area (Å²) in [5.41, 5.74) is 3.92. The summed E-state index contributed by atoms with van der Waals surface area (Å²) in [6.07, 6.45) is 6.69. The van der Waals surface area contributed by atoms with Gasteiger partial charge in [0, 0.05) is 47.7 Å². The molecule has 0 bridgehead atoms. The number of hydrogen-bond acceptors (Lipinski definition) is 8. The minimum absolute atomic E-state index is 0.237. The predicted octanol–water partition coefficient (Wildman–Crippen LogP) is 4.98. The number of anilines is 2. The van der Waals surface area contributed by atoms with Crippen LogP contribution >= 0.6 is 11.6 Å². The van der Waals surface area contributed by atoms with Crippen molar-refractivity contribution in [2.45, 2.75) is 32.2 Å². The van der Waals surface area contributed by atoms with Crippen molar-refractivity contribution < 1.29 is 19.1 Å². The second-order valence-electron chi connectivity index (χ2n) is 11.1. The van der Waals surface area contributed by atoms with E-state index < -0.39 is 0 Å². The van der Waals surface area contributed by atoms with Crippen LogP contribution in [0.1, 0.15) is 30.9 Å². The first-order valence-corrected chi connectivity index (χ1v) is 15.9. The minimum Gasteiger partial charge on any atom is -0.466 e. The van der Waals surface area contributed by atoms with Crippen molar-refractivity contribution in [1.82, 2.24) is 30.4 Å². The molecule has 2 atom stereocenters. The van der Waals surface area contributed by atoms with Crippen LogP contribution in [-0.2, 0) is 20.7 Å². The fourth-order valence-corrected chi connectivity index (χ4v) is 5.54. The molecule has 3 amide bonds. The van der Waals surface area contributed by atoms with E-state index in [-0.39, 0.29) is 29.9 Å². The van der Waals surface area contributed by atoms with Crippen LogP contribution in [-0.4, -0.2) is 75.3 Å². The Hall–Kier alpha value is -5.23. The summed E-state index contributed by atoms with van der Waals surface area (Å²) in [6, 6.07) is 22.1. The fraction of sp³-hybridized carbons (Fsp3) is 0.294. The summed E-state index contributed by atoms with van der Waals surface area (Å²) in [5, 5.41) is 21.3. The highest BCUT2D eigenvalue weighted by Crippen LogP contribution is 2.22. The van der Waals surface area contributed by atoms with E-state index >= 15 is 0 Å². The number of rotatable bonds is 12. The molecule has 5 rings (SSSR count). The maximum atomic E-state index is 13.1. The molecule has 1 saturated heterocycles. The summed E-state index contributed by atoms with van der Waals surface area (Å²) in [6.45, 7) is 3.49. The maximum Gasteiger partial charge on any atom is 0.321 e. The predicted molar refractivity (Wildman–Crippen MR) is 180 cm³/mol. The lowest BCUT2D eigenvalue weighted by molar-refractivity contribution is -0.149. The third kappa shape index (κ3) is 9.63. The van der Waals surface area contributed by atoms with Gasteiger partial charge in [0.2, 0.25) is 5.91 Å². The Morgan fingerprint density at radius 1 is 1.06 bits per heavy atom. The number of aromatic nitrogens is 4. The first kappa shape index (κ1) is 33.1. The molecule has 1 unspecified atom stereocenters. The van der Waals surface area contributed by atoms with Crippen LogP contribution in [0.4, 0.5) is 16.2 Å². The number of tetrazole rings is 1. The standard InChI is InChI=1S/C34H37ClN8O4/c1-2-47-33(45)26-9-6-18-42(22-26)34(46)39-29-14-12-28(13-15-29)36-21-30(19-24-7-4-3-5-8-24)38-32(44)17-10-25-20-27(35)11-16-31(25)43-23-37-40-41-43/h3-5,7-8,10-17,20,23,26,30,36H,2,6,9,18-19,21-22H2,1H3,(H,38,44)(H,39,46)/b17-10+/t26?,30-/m0/s1. The number of hydrogen-bond donors (Lipinski definition) is 3. The lowest BCUT2D eigenvalue weighted by atomic mass is 9.98. The van der Waals surface area contributed by atoms with Crippen LogP contribution < -0.4 is 16.0 Å². The molecule has 3 aromatic carbocycles. The van der Waals surface area contributed by atoms with Crippen LogP contribution in [0, 0.1) is 5.92 Å². The molecule has 12 nitrogen and oxygen atoms in total. The number of piperidine rings is 1. The normalized spacial score (nSPS) is 15.2. The van der Waals surface area contributed by atoms with Gasteiger partial charge in [-0.3, -0.25) is 9.59 Å². The molecular formula is C34H37ClN8O4. The molecule has 1 aromatic heterocycles. The van der Waals surface area contributed by atoms with Gasteiger partial charge in [-0.2, -0.15) is 4.68 Å². The Kier molecular flexibility index (Phi) is 11.5. The van der Waals surface area contributed by atoms with Gasteiger partial charge < -0.3 is 25.6 Å². The number of nitrogens with one attached hydrogen (secondary N) is 3. The Balaban J connectivity index is 1.19. The van der Waals surface area contributed by atoms with E-state index in [4.69, 9.17) is 16.3 Å².